The maximum atomic E-state index is 13.0. The quantitative estimate of drug-likeness (QED) is 0.343. The Labute approximate surface area is 235 Å². The standard InChI is InChI=1S/C28H32ClN3O5S2/c1-21-11-12-24(29)19-27(21)31-39(36,37)26-15-13-25(14-16-26)30-28(33)23-10-5-17-32(20-23)38(34,35)18-6-9-22-7-3-2-4-8-22/h2-4,7-8,11-16,19,23,31H,5-6,9-10,17-18,20H2,1H3,(H,30,33)/t23-/m0/s1. The van der Waals surface area contributed by atoms with E-state index in [1.165, 1.54) is 28.6 Å². The number of carbonyl (C=O) groups excluding carboxylic acids is 1. The first-order chi connectivity index (χ1) is 18.5. The van der Waals surface area contributed by atoms with Crippen LogP contribution in [0.25, 0.3) is 0 Å². The van der Waals surface area contributed by atoms with Gasteiger partial charge in [-0.25, -0.2) is 21.1 Å². The minimum absolute atomic E-state index is 0.0327. The van der Waals surface area contributed by atoms with Gasteiger partial charge in [-0.15, -0.1) is 0 Å². The van der Waals surface area contributed by atoms with Gasteiger partial charge in [-0.05, 0) is 80.1 Å². The van der Waals surface area contributed by atoms with Gasteiger partial charge in [0.05, 0.1) is 22.3 Å². The first-order valence-electron chi connectivity index (χ1n) is 12.8. The topological polar surface area (TPSA) is 113 Å². The lowest BCUT2D eigenvalue weighted by Gasteiger charge is -2.31. The fourth-order valence-electron chi connectivity index (χ4n) is 4.51. The number of benzene rings is 3. The van der Waals surface area contributed by atoms with Crippen LogP contribution >= 0.6 is 11.6 Å². The van der Waals surface area contributed by atoms with Crippen LogP contribution in [0.4, 0.5) is 11.4 Å². The maximum absolute atomic E-state index is 13.0. The average molecular weight is 590 g/mol. The molecule has 0 unspecified atom stereocenters. The van der Waals surface area contributed by atoms with Gasteiger partial charge in [0.1, 0.15) is 0 Å². The van der Waals surface area contributed by atoms with Crippen LogP contribution in [0.3, 0.4) is 0 Å². The number of rotatable bonds is 10. The Kier molecular flexibility index (Phi) is 9.32. The SMILES string of the molecule is Cc1ccc(Cl)cc1NS(=O)(=O)c1ccc(NC(=O)[C@H]2CCCN(S(=O)(=O)CCCc3ccccc3)C2)cc1. The van der Waals surface area contributed by atoms with E-state index in [9.17, 15) is 21.6 Å². The largest absolute Gasteiger partial charge is 0.326 e. The van der Waals surface area contributed by atoms with Crippen molar-refractivity contribution < 1.29 is 21.6 Å². The van der Waals surface area contributed by atoms with Crippen LogP contribution in [0.2, 0.25) is 5.02 Å². The number of aryl methyl sites for hydroxylation is 2. The minimum Gasteiger partial charge on any atom is -0.326 e. The second kappa shape index (κ2) is 12.5. The van der Waals surface area contributed by atoms with Gasteiger partial charge in [-0.1, -0.05) is 48.0 Å². The Morgan fingerprint density at radius 1 is 1.00 bits per heavy atom. The highest BCUT2D eigenvalue weighted by molar-refractivity contribution is 7.92. The Bertz CT molecular complexity index is 1510. The van der Waals surface area contributed by atoms with Crippen molar-refractivity contribution in [3.8, 4) is 0 Å². The Morgan fingerprint density at radius 2 is 1.72 bits per heavy atom. The first kappa shape index (κ1) is 29.1. The van der Waals surface area contributed by atoms with Gasteiger partial charge in [0.15, 0.2) is 0 Å². The molecule has 3 aromatic rings. The van der Waals surface area contributed by atoms with Crippen LogP contribution in [0, 0.1) is 12.8 Å². The fraction of sp³-hybridized carbons (Fsp3) is 0.321. The highest BCUT2D eigenvalue weighted by atomic mass is 35.5. The predicted molar refractivity (Wildman–Crippen MR) is 155 cm³/mol. The molecule has 1 amide bonds. The number of anilines is 2. The molecular formula is C28H32ClN3O5S2. The summed E-state index contributed by atoms with van der Waals surface area (Å²) in [6.07, 6.45) is 2.37. The number of amides is 1. The fourth-order valence-corrected chi connectivity index (χ4v) is 7.39. The Morgan fingerprint density at radius 3 is 2.44 bits per heavy atom. The number of hydrogen-bond donors (Lipinski definition) is 2. The maximum Gasteiger partial charge on any atom is 0.261 e. The summed E-state index contributed by atoms with van der Waals surface area (Å²) in [5, 5.41) is 3.21. The van der Waals surface area contributed by atoms with Gasteiger partial charge in [0, 0.05) is 23.8 Å². The van der Waals surface area contributed by atoms with Crippen LogP contribution in [-0.2, 0) is 31.3 Å². The van der Waals surface area contributed by atoms with E-state index in [-0.39, 0.29) is 23.1 Å². The third-order valence-corrected chi connectivity index (χ3v) is 10.3. The highest BCUT2D eigenvalue weighted by Gasteiger charge is 2.32. The lowest BCUT2D eigenvalue weighted by Crippen LogP contribution is -2.44. The number of nitrogens with one attached hydrogen (secondary N) is 2. The number of sulfonamides is 2. The number of nitrogens with zero attached hydrogens (tertiary/aromatic N) is 1. The molecule has 1 atom stereocenters. The average Bonchev–Trinajstić information content (AvgIpc) is 2.91. The number of halogens is 1. The zero-order chi connectivity index (χ0) is 28.0. The molecule has 0 bridgehead atoms. The molecule has 39 heavy (non-hydrogen) atoms. The van der Waals surface area contributed by atoms with E-state index in [0.29, 0.717) is 48.6 Å². The van der Waals surface area contributed by atoms with Crippen molar-refractivity contribution in [3.05, 3.63) is 88.9 Å². The summed E-state index contributed by atoms with van der Waals surface area (Å²) in [4.78, 5) is 13.0. The summed E-state index contributed by atoms with van der Waals surface area (Å²) in [5.74, 6) is -0.740. The molecule has 1 fully saturated rings. The van der Waals surface area contributed by atoms with Gasteiger partial charge < -0.3 is 5.32 Å². The van der Waals surface area contributed by atoms with E-state index >= 15 is 0 Å². The second-order valence-corrected chi connectivity index (χ2v) is 13.9. The summed E-state index contributed by atoms with van der Waals surface area (Å²) in [6.45, 7) is 2.31. The molecule has 0 spiro atoms. The summed E-state index contributed by atoms with van der Waals surface area (Å²) < 4.78 is 55.5. The van der Waals surface area contributed by atoms with Gasteiger partial charge in [0.2, 0.25) is 15.9 Å². The van der Waals surface area contributed by atoms with E-state index in [1.54, 1.807) is 25.1 Å². The summed E-state index contributed by atoms with van der Waals surface area (Å²) in [7, 11) is -7.34. The normalized spacial score (nSPS) is 16.5. The van der Waals surface area contributed by atoms with Crippen LogP contribution in [0.15, 0.2) is 77.7 Å². The monoisotopic (exact) mass is 589 g/mol. The third kappa shape index (κ3) is 7.82. The molecule has 0 aromatic heterocycles. The number of piperidine rings is 1. The van der Waals surface area contributed by atoms with Gasteiger partial charge in [-0.2, -0.15) is 0 Å². The van der Waals surface area contributed by atoms with Crippen LogP contribution in [-0.4, -0.2) is 45.9 Å². The molecule has 1 aliphatic rings. The van der Waals surface area contributed by atoms with Gasteiger partial charge in [0.25, 0.3) is 10.0 Å². The van der Waals surface area contributed by atoms with Crippen molar-refractivity contribution in [2.24, 2.45) is 5.92 Å². The molecule has 0 radical (unpaired) electrons. The molecule has 2 N–H and O–H groups in total. The summed E-state index contributed by atoms with van der Waals surface area (Å²) in [6, 6.07) is 20.5. The van der Waals surface area contributed by atoms with Gasteiger partial charge in [-0.3, -0.25) is 9.52 Å². The molecule has 3 aromatic carbocycles. The molecule has 1 saturated heterocycles. The highest BCUT2D eigenvalue weighted by Crippen LogP contribution is 2.25. The summed E-state index contributed by atoms with van der Waals surface area (Å²) in [5.41, 5.74) is 2.64. The van der Waals surface area contributed by atoms with E-state index in [1.807, 2.05) is 30.3 Å². The minimum atomic E-state index is -3.86. The molecule has 11 heteroatoms. The zero-order valence-electron chi connectivity index (χ0n) is 21.6. The number of carbonyl (C=O) groups is 1. The van der Waals surface area contributed by atoms with Crippen molar-refractivity contribution in [3.63, 3.8) is 0 Å². The predicted octanol–water partition coefficient (Wildman–Crippen LogP) is 5.06. The first-order valence-corrected chi connectivity index (χ1v) is 16.2. The van der Waals surface area contributed by atoms with Crippen LogP contribution in [0.5, 0.6) is 0 Å². The third-order valence-electron chi connectivity index (χ3n) is 6.73. The molecule has 4 rings (SSSR count). The van der Waals surface area contributed by atoms with Crippen LogP contribution < -0.4 is 10.0 Å². The van der Waals surface area contributed by atoms with E-state index in [2.05, 4.69) is 10.0 Å². The molecule has 1 heterocycles. The van der Waals surface area contributed by atoms with Crippen LogP contribution in [0.1, 0.15) is 30.4 Å². The molecule has 1 aliphatic heterocycles. The van der Waals surface area contributed by atoms with Crippen molar-refractivity contribution in [1.29, 1.82) is 0 Å². The van der Waals surface area contributed by atoms with E-state index < -0.39 is 26.0 Å². The zero-order valence-corrected chi connectivity index (χ0v) is 24.0. The van der Waals surface area contributed by atoms with Crippen molar-refractivity contribution >= 4 is 48.9 Å². The lowest BCUT2D eigenvalue weighted by molar-refractivity contribution is -0.120. The molecule has 0 aliphatic carbocycles. The van der Waals surface area contributed by atoms with E-state index in [0.717, 1.165) is 11.1 Å². The van der Waals surface area contributed by atoms with E-state index in [4.69, 9.17) is 11.6 Å². The van der Waals surface area contributed by atoms with Crippen molar-refractivity contribution in [2.45, 2.75) is 37.5 Å². The smallest absolute Gasteiger partial charge is 0.261 e. The second-order valence-electron chi connectivity index (χ2n) is 9.68. The number of hydrogen-bond acceptors (Lipinski definition) is 5. The summed E-state index contributed by atoms with van der Waals surface area (Å²) >= 11 is 5.99. The lowest BCUT2D eigenvalue weighted by atomic mass is 9.99. The van der Waals surface area contributed by atoms with Crippen molar-refractivity contribution in [2.75, 3.05) is 28.9 Å². The molecule has 8 nitrogen and oxygen atoms in total. The van der Waals surface area contributed by atoms with Gasteiger partial charge >= 0.3 is 0 Å². The molecular weight excluding hydrogens is 558 g/mol. The Hall–Kier alpha value is -2.92. The molecule has 0 saturated carbocycles. The Balaban J connectivity index is 1.33. The molecule has 208 valence electrons. The van der Waals surface area contributed by atoms with Crippen molar-refractivity contribution in [1.82, 2.24) is 4.31 Å².